The number of hydrogen-bond acceptors (Lipinski definition) is 6. The molecule has 2 aliphatic rings. The molecule has 28 heavy (non-hydrogen) atoms. The lowest BCUT2D eigenvalue weighted by atomic mass is 10.2. The molecule has 1 N–H and O–H groups in total. The fourth-order valence-electron chi connectivity index (χ4n) is 3.98. The molecule has 0 unspecified atom stereocenters. The Morgan fingerprint density at radius 2 is 1.96 bits per heavy atom. The predicted octanol–water partition coefficient (Wildman–Crippen LogP) is 2.25. The van der Waals surface area contributed by atoms with Crippen LogP contribution in [0, 0.1) is 0 Å². The lowest BCUT2D eigenvalue weighted by molar-refractivity contribution is 0.0772. The number of H-pyrrole nitrogens is 1. The molecule has 0 aliphatic carbocycles. The minimum atomic E-state index is -0.0229. The van der Waals surface area contributed by atoms with Crippen LogP contribution in [0.2, 0.25) is 0 Å². The Labute approximate surface area is 162 Å². The third kappa shape index (κ3) is 3.15. The van der Waals surface area contributed by atoms with Gasteiger partial charge in [0.05, 0.1) is 6.54 Å². The third-order valence-corrected chi connectivity index (χ3v) is 5.45. The molecule has 2 aromatic heterocycles. The van der Waals surface area contributed by atoms with Crippen molar-refractivity contribution in [1.29, 1.82) is 0 Å². The number of anilines is 1. The molecule has 1 amide bonds. The maximum Gasteiger partial charge on any atom is 0.254 e. The highest BCUT2D eigenvalue weighted by atomic mass is 16.5. The number of benzene rings is 1. The molecule has 8 nitrogen and oxygen atoms in total. The van der Waals surface area contributed by atoms with Gasteiger partial charge in [-0.05, 0) is 43.2 Å². The molecule has 2 aliphatic heterocycles. The number of amides is 1. The highest BCUT2D eigenvalue weighted by Crippen LogP contribution is 2.30. The topological polar surface area (TPSA) is 87.2 Å². The molecule has 0 saturated carbocycles. The van der Waals surface area contributed by atoms with Crippen molar-refractivity contribution in [3.05, 3.63) is 42.1 Å². The Morgan fingerprint density at radius 1 is 1.11 bits per heavy atom. The Morgan fingerprint density at radius 3 is 2.86 bits per heavy atom. The molecular formula is C20H22N6O2. The average molecular weight is 378 g/mol. The van der Waals surface area contributed by atoms with Crippen molar-refractivity contribution >= 4 is 22.8 Å². The molecule has 0 spiro atoms. The van der Waals surface area contributed by atoms with Crippen molar-refractivity contribution in [2.75, 3.05) is 31.1 Å². The first-order valence-electron chi connectivity index (χ1n) is 9.74. The number of carbonyl (C=O) groups is 1. The zero-order valence-electron chi connectivity index (χ0n) is 15.5. The number of rotatable bonds is 4. The average Bonchev–Trinajstić information content (AvgIpc) is 3.48. The fourth-order valence-corrected chi connectivity index (χ4v) is 3.98. The highest BCUT2D eigenvalue weighted by Gasteiger charge is 2.30. The number of hydrogen-bond donors (Lipinski definition) is 1. The second-order valence-corrected chi connectivity index (χ2v) is 7.33. The summed E-state index contributed by atoms with van der Waals surface area (Å²) in [5, 5.41) is 10.7. The number of likely N-dealkylation sites (tertiary alicyclic amines) is 1. The largest absolute Gasteiger partial charge is 0.485 e. The van der Waals surface area contributed by atoms with Gasteiger partial charge in [0.25, 0.3) is 5.91 Å². The van der Waals surface area contributed by atoms with E-state index in [0.29, 0.717) is 24.2 Å². The van der Waals surface area contributed by atoms with Crippen LogP contribution < -0.4 is 9.64 Å². The van der Waals surface area contributed by atoms with E-state index in [1.54, 1.807) is 12.1 Å². The van der Waals surface area contributed by atoms with Gasteiger partial charge in [0, 0.05) is 37.8 Å². The van der Waals surface area contributed by atoms with E-state index < -0.39 is 0 Å². The summed E-state index contributed by atoms with van der Waals surface area (Å²) < 4.78 is 6.27. The molecule has 1 atom stereocenters. The maximum atomic E-state index is 12.9. The van der Waals surface area contributed by atoms with Gasteiger partial charge in [-0.1, -0.05) is 0 Å². The molecule has 2 saturated heterocycles. The first-order chi connectivity index (χ1) is 13.8. The third-order valence-electron chi connectivity index (χ3n) is 5.45. The Kier molecular flexibility index (Phi) is 4.31. The van der Waals surface area contributed by atoms with E-state index in [-0.39, 0.29) is 12.0 Å². The number of fused-ring (bicyclic) bond motifs is 1. The van der Waals surface area contributed by atoms with Crippen molar-refractivity contribution < 1.29 is 9.53 Å². The van der Waals surface area contributed by atoms with E-state index in [4.69, 9.17) is 4.74 Å². The van der Waals surface area contributed by atoms with Crippen LogP contribution in [-0.4, -0.2) is 63.5 Å². The van der Waals surface area contributed by atoms with Crippen LogP contribution in [0.4, 0.5) is 5.82 Å². The summed E-state index contributed by atoms with van der Waals surface area (Å²) in [5.41, 5.74) is 2.08. The van der Waals surface area contributed by atoms with Gasteiger partial charge in [0.1, 0.15) is 17.1 Å². The Balaban J connectivity index is 1.28. The van der Waals surface area contributed by atoms with E-state index in [1.165, 1.54) is 12.8 Å². The van der Waals surface area contributed by atoms with Crippen molar-refractivity contribution in [3.63, 3.8) is 0 Å². The highest BCUT2D eigenvalue weighted by molar-refractivity contribution is 5.97. The standard InChI is InChI=1S/C20H22N6O2/c27-20(14-5-6-16-17(12-14)23-24-22-16)26-11-7-15(13-26)28-18-4-3-8-21-19(18)25-9-1-2-10-25/h3-6,8,12,15H,1-2,7,9-11,13H2,(H,22,23,24)/t15-/m1/s1. The number of aromatic amines is 1. The van der Waals surface area contributed by atoms with Gasteiger partial charge in [-0.15, -0.1) is 0 Å². The molecule has 5 rings (SSSR count). The van der Waals surface area contributed by atoms with Gasteiger partial charge >= 0.3 is 0 Å². The summed E-state index contributed by atoms with van der Waals surface area (Å²) in [6.07, 6.45) is 4.98. The van der Waals surface area contributed by atoms with Crippen LogP contribution in [0.25, 0.3) is 11.0 Å². The lowest BCUT2D eigenvalue weighted by Gasteiger charge is -2.22. The van der Waals surface area contributed by atoms with Crippen molar-refractivity contribution in [1.82, 2.24) is 25.3 Å². The van der Waals surface area contributed by atoms with Gasteiger partial charge in [0.15, 0.2) is 11.6 Å². The Bertz CT molecular complexity index is 997. The van der Waals surface area contributed by atoms with E-state index in [1.807, 2.05) is 29.3 Å². The number of nitrogens with one attached hydrogen (secondary N) is 1. The molecule has 0 radical (unpaired) electrons. The monoisotopic (exact) mass is 378 g/mol. The number of nitrogens with zero attached hydrogens (tertiary/aromatic N) is 5. The summed E-state index contributed by atoms with van der Waals surface area (Å²) >= 11 is 0. The number of carbonyl (C=O) groups excluding carboxylic acids is 1. The van der Waals surface area contributed by atoms with Gasteiger partial charge in [0.2, 0.25) is 0 Å². The predicted molar refractivity (Wildman–Crippen MR) is 105 cm³/mol. The molecule has 4 heterocycles. The van der Waals surface area contributed by atoms with Crippen LogP contribution in [0.5, 0.6) is 5.75 Å². The normalized spacial score (nSPS) is 19.5. The summed E-state index contributed by atoms with van der Waals surface area (Å²) in [5.74, 6) is 1.73. The minimum absolute atomic E-state index is 0.00181. The quantitative estimate of drug-likeness (QED) is 0.749. The molecule has 8 heteroatoms. The van der Waals surface area contributed by atoms with Crippen molar-refractivity contribution in [3.8, 4) is 5.75 Å². The second-order valence-electron chi connectivity index (χ2n) is 7.33. The zero-order chi connectivity index (χ0) is 18.9. The van der Waals surface area contributed by atoms with Gasteiger partial charge in [-0.25, -0.2) is 4.98 Å². The Hall–Kier alpha value is -3.16. The molecule has 1 aromatic carbocycles. The molecular weight excluding hydrogens is 356 g/mol. The zero-order valence-corrected chi connectivity index (χ0v) is 15.5. The van der Waals surface area contributed by atoms with E-state index in [2.05, 4.69) is 25.3 Å². The van der Waals surface area contributed by atoms with Gasteiger partial charge in [-0.2, -0.15) is 15.4 Å². The molecule has 3 aromatic rings. The minimum Gasteiger partial charge on any atom is -0.485 e. The molecule has 144 valence electrons. The van der Waals surface area contributed by atoms with Gasteiger partial charge in [-0.3, -0.25) is 4.79 Å². The number of ether oxygens (including phenoxy) is 1. The van der Waals surface area contributed by atoms with Gasteiger partial charge < -0.3 is 14.5 Å². The smallest absolute Gasteiger partial charge is 0.254 e. The first-order valence-corrected chi connectivity index (χ1v) is 9.74. The summed E-state index contributed by atoms with van der Waals surface area (Å²) in [6, 6.07) is 9.27. The lowest BCUT2D eigenvalue weighted by Crippen LogP contribution is -2.31. The van der Waals surface area contributed by atoms with Crippen LogP contribution in [0.1, 0.15) is 29.6 Å². The number of pyridine rings is 1. The summed E-state index contributed by atoms with van der Waals surface area (Å²) in [6.45, 7) is 3.30. The fraction of sp³-hybridized carbons (Fsp3) is 0.400. The van der Waals surface area contributed by atoms with E-state index in [9.17, 15) is 4.79 Å². The SMILES string of the molecule is O=C(c1ccc2n[nH]nc2c1)N1CC[C@@H](Oc2cccnc2N2CCCC2)C1. The molecule has 2 fully saturated rings. The van der Waals surface area contributed by atoms with E-state index in [0.717, 1.165) is 36.6 Å². The van der Waals surface area contributed by atoms with Crippen LogP contribution >= 0.6 is 0 Å². The summed E-state index contributed by atoms with van der Waals surface area (Å²) in [4.78, 5) is 21.5. The van der Waals surface area contributed by atoms with Crippen LogP contribution in [-0.2, 0) is 0 Å². The maximum absolute atomic E-state index is 12.9. The van der Waals surface area contributed by atoms with Crippen molar-refractivity contribution in [2.45, 2.75) is 25.4 Å². The van der Waals surface area contributed by atoms with Crippen LogP contribution in [0.15, 0.2) is 36.5 Å². The van der Waals surface area contributed by atoms with Crippen LogP contribution in [0.3, 0.4) is 0 Å². The second kappa shape index (κ2) is 7.10. The number of aromatic nitrogens is 4. The van der Waals surface area contributed by atoms with Crippen molar-refractivity contribution in [2.24, 2.45) is 0 Å². The summed E-state index contributed by atoms with van der Waals surface area (Å²) in [7, 11) is 0. The molecule has 0 bridgehead atoms. The van der Waals surface area contributed by atoms with E-state index >= 15 is 0 Å². The first kappa shape index (κ1) is 17.0.